The van der Waals surface area contributed by atoms with Crippen molar-refractivity contribution in [3.8, 4) is 11.3 Å². The van der Waals surface area contributed by atoms with Crippen molar-refractivity contribution in [2.24, 2.45) is 0 Å². The van der Waals surface area contributed by atoms with E-state index < -0.39 is 0 Å². The number of pyridine rings is 2. The molecular weight excluding hydrogens is 310 g/mol. The Morgan fingerprint density at radius 2 is 1.84 bits per heavy atom. The van der Waals surface area contributed by atoms with Crippen molar-refractivity contribution in [3.05, 3.63) is 78.5 Å². The van der Waals surface area contributed by atoms with Gasteiger partial charge in [-0.2, -0.15) is 0 Å². The topological polar surface area (TPSA) is 63.6 Å². The van der Waals surface area contributed by atoms with E-state index in [4.69, 9.17) is 0 Å². The fraction of sp³-hybridized carbons (Fsp3) is 0.100. The highest BCUT2D eigenvalue weighted by atomic mass is 15.0. The number of aryl methyl sites for hydroxylation is 1. The van der Waals surface area contributed by atoms with E-state index >= 15 is 0 Å². The van der Waals surface area contributed by atoms with Crippen LogP contribution in [0.5, 0.6) is 0 Å². The minimum Gasteiger partial charge on any atom is -0.365 e. The number of benzene rings is 1. The Hall–Kier alpha value is -3.34. The molecule has 5 heteroatoms. The SMILES string of the molecule is Cc1cc(-c2ccc(CNc3ncnc4ccccc34)cn2)ccn1. The summed E-state index contributed by atoms with van der Waals surface area (Å²) in [5, 5.41) is 4.39. The molecule has 1 N–H and O–H groups in total. The van der Waals surface area contributed by atoms with Gasteiger partial charge in [-0.05, 0) is 42.8 Å². The van der Waals surface area contributed by atoms with Crippen molar-refractivity contribution in [2.45, 2.75) is 13.5 Å². The summed E-state index contributed by atoms with van der Waals surface area (Å²) in [5.41, 5.74) is 5.04. The summed E-state index contributed by atoms with van der Waals surface area (Å²) in [7, 11) is 0. The first-order valence-corrected chi connectivity index (χ1v) is 8.11. The van der Waals surface area contributed by atoms with Crippen LogP contribution < -0.4 is 5.32 Å². The number of para-hydroxylation sites is 1. The molecule has 0 aliphatic carbocycles. The quantitative estimate of drug-likeness (QED) is 0.613. The predicted octanol–water partition coefficient (Wildman–Crippen LogP) is 4.01. The van der Waals surface area contributed by atoms with Gasteiger partial charge in [0, 0.05) is 35.6 Å². The van der Waals surface area contributed by atoms with Crippen LogP contribution in [-0.4, -0.2) is 19.9 Å². The number of nitrogens with zero attached hydrogens (tertiary/aromatic N) is 4. The summed E-state index contributed by atoms with van der Waals surface area (Å²) in [5.74, 6) is 0.833. The van der Waals surface area contributed by atoms with Crippen LogP contribution >= 0.6 is 0 Å². The van der Waals surface area contributed by atoms with Crippen LogP contribution in [0.3, 0.4) is 0 Å². The molecule has 5 nitrogen and oxygen atoms in total. The number of aromatic nitrogens is 4. The largest absolute Gasteiger partial charge is 0.365 e. The molecule has 4 rings (SSSR count). The molecule has 0 unspecified atom stereocenters. The predicted molar refractivity (Wildman–Crippen MR) is 99.1 cm³/mol. The lowest BCUT2D eigenvalue weighted by atomic mass is 10.1. The van der Waals surface area contributed by atoms with E-state index in [2.05, 4.69) is 31.3 Å². The summed E-state index contributed by atoms with van der Waals surface area (Å²) in [6.07, 6.45) is 5.28. The lowest BCUT2D eigenvalue weighted by Crippen LogP contribution is -2.03. The third kappa shape index (κ3) is 3.30. The van der Waals surface area contributed by atoms with E-state index in [1.807, 2.05) is 61.8 Å². The molecule has 0 aliphatic heterocycles. The van der Waals surface area contributed by atoms with Crippen LogP contribution in [0.1, 0.15) is 11.3 Å². The molecule has 0 amide bonds. The van der Waals surface area contributed by atoms with Crippen LogP contribution in [0.2, 0.25) is 0 Å². The van der Waals surface area contributed by atoms with E-state index in [0.29, 0.717) is 6.54 Å². The van der Waals surface area contributed by atoms with Crippen molar-refractivity contribution < 1.29 is 0 Å². The highest BCUT2D eigenvalue weighted by molar-refractivity contribution is 5.88. The monoisotopic (exact) mass is 327 g/mol. The molecule has 0 atom stereocenters. The number of nitrogens with one attached hydrogen (secondary N) is 1. The molecule has 0 spiro atoms. The molecule has 0 aliphatic rings. The molecule has 0 radical (unpaired) electrons. The number of hydrogen-bond donors (Lipinski definition) is 1. The zero-order valence-corrected chi connectivity index (χ0v) is 13.8. The highest BCUT2D eigenvalue weighted by Crippen LogP contribution is 2.20. The maximum Gasteiger partial charge on any atom is 0.137 e. The molecular formula is C20H17N5. The zero-order valence-electron chi connectivity index (χ0n) is 13.8. The molecule has 0 fully saturated rings. The van der Waals surface area contributed by atoms with Gasteiger partial charge in [-0.3, -0.25) is 9.97 Å². The lowest BCUT2D eigenvalue weighted by molar-refractivity contribution is 1.08. The Labute approximate surface area is 145 Å². The Balaban J connectivity index is 1.52. The van der Waals surface area contributed by atoms with Gasteiger partial charge >= 0.3 is 0 Å². The smallest absolute Gasteiger partial charge is 0.137 e. The summed E-state index contributed by atoms with van der Waals surface area (Å²) < 4.78 is 0. The minimum atomic E-state index is 0.656. The first kappa shape index (κ1) is 15.2. The molecule has 25 heavy (non-hydrogen) atoms. The summed E-state index contributed by atoms with van der Waals surface area (Å²) in [4.78, 5) is 17.4. The van der Waals surface area contributed by atoms with E-state index in [0.717, 1.165) is 39.2 Å². The number of anilines is 1. The van der Waals surface area contributed by atoms with Gasteiger partial charge in [0.25, 0.3) is 0 Å². The molecule has 4 aromatic rings. The Bertz CT molecular complexity index is 1010. The first-order valence-electron chi connectivity index (χ1n) is 8.11. The minimum absolute atomic E-state index is 0.656. The van der Waals surface area contributed by atoms with E-state index in [-0.39, 0.29) is 0 Å². The zero-order chi connectivity index (χ0) is 17.1. The van der Waals surface area contributed by atoms with Gasteiger partial charge in [-0.1, -0.05) is 18.2 Å². The normalized spacial score (nSPS) is 10.8. The van der Waals surface area contributed by atoms with Crippen molar-refractivity contribution in [2.75, 3.05) is 5.32 Å². The van der Waals surface area contributed by atoms with Gasteiger partial charge in [-0.15, -0.1) is 0 Å². The second-order valence-electron chi connectivity index (χ2n) is 5.83. The maximum atomic E-state index is 4.56. The summed E-state index contributed by atoms with van der Waals surface area (Å²) in [6, 6.07) is 16.1. The van der Waals surface area contributed by atoms with Gasteiger partial charge in [0.05, 0.1) is 11.2 Å². The number of rotatable bonds is 4. The second kappa shape index (κ2) is 6.65. The molecule has 0 saturated carbocycles. The molecule has 122 valence electrons. The number of fused-ring (bicyclic) bond motifs is 1. The average molecular weight is 327 g/mol. The first-order chi connectivity index (χ1) is 12.3. The van der Waals surface area contributed by atoms with Crippen molar-refractivity contribution in [1.29, 1.82) is 0 Å². The van der Waals surface area contributed by atoms with Crippen LogP contribution in [-0.2, 0) is 6.54 Å². The van der Waals surface area contributed by atoms with Crippen LogP contribution in [0.25, 0.3) is 22.2 Å². The Kier molecular flexibility index (Phi) is 4.04. The molecule has 3 aromatic heterocycles. The molecule has 1 aromatic carbocycles. The van der Waals surface area contributed by atoms with Crippen LogP contribution in [0.4, 0.5) is 5.82 Å². The average Bonchev–Trinajstić information content (AvgIpc) is 2.67. The number of hydrogen-bond acceptors (Lipinski definition) is 5. The summed E-state index contributed by atoms with van der Waals surface area (Å²) >= 11 is 0. The van der Waals surface area contributed by atoms with Crippen LogP contribution in [0.15, 0.2) is 67.3 Å². The highest BCUT2D eigenvalue weighted by Gasteiger charge is 2.04. The van der Waals surface area contributed by atoms with Gasteiger partial charge < -0.3 is 5.32 Å². The molecule has 0 bridgehead atoms. The molecule has 3 heterocycles. The molecule has 0 saturated heterocycles. The Morgan fingerprint density at radius 1 is 0.920 bits per heavy atom. The van der Waals surface area contributed by atoms with Gasteiger partial charge in [0.2, 0.25) is 0 Å². The van der Waals surface area contributed by atoms with Crippen molar-refractivity contribution in [3.63, 3.8) is 0 Å². The van der Waals surface area contributed by atoms with E-state index in [9.17, 15) is 0 Å². The second-order valence-corrected chi connectivity index (χ2v) is 5.83. The fourth-order valence-corrected chi connectivity index (χ4v) is 2.74. The van der Waals surface area contributed by atoms with Gasteiger partial charge in [-0.25, -0.2) is 9.97 Å². The fourth-order valence-electron chi connectivity index (χ4n) is 2.74. The van der Waals surface area contributed by atoms with E-state index in [1.165, 1.54) is 0 Å². The summed E-state index contributed by atoms with van der Waals surface area (Å²) in [6.45, 7) is 2.64. The standard InChI is InChI=1S/C20H17N5/c1-14-10-16(8-9-21-14)18-7-6-15(11-22-18)12-23-20-17-4-2-3-5-19(17)24-13-25-20/h2-11,13H,12H2,1H3,(H,23,24,25). The maximum absolute atomic E-state index is 4.56. The van der Waals surface area contributed by atoms with Gasteiger partial charge in [0.1, 0.15) is 12.1 Å². The third-order valence-electron chi connectivity index (χ3n) is 4.02. The van der Waals surface area contributed by atoms with E-state index in [1.54, 1.807) is 6.33 Å². The third-order valence-corrected chi connectivity index (χ3v) is 4.02. The lowest BCUT2D eigenvalue weighted by Gasteiger charge is -2.09. The van der Waals surface area contributed by atoms with Gasteiger partial charge in [0.15, 0.2) is 0 Å². The van der Waals surface area contributed by atoms with Crippen molar-refractivity contribution in [1.82, 2.24) is 19.9 Å². The van der Waals surface area contributed by atoms with Crippen LogP contribution in [0, 0.1) is 6.92 Å². The van der Waals surface area contributed by atoms with Crippen molar-refractivity contribution >= 4 is 16.7 Å². The Morgan fingerprint density at radius 3 is 2.68 bits per heavy atom.